The number of imidazole rings is 1. The number of aromatic nitrogens is 6. The molecule has 4 aromatic rings. The van der Waals surface area contributed by atoms with Crippen LogP contribution < -0.4 is 5.32 Å². The number of carbonyl (C=O) groups excluding carboxylic acids is 2. The first-order valence-electron chi connectivity index (χ1n) is 10.5. The van der Waals surface area contributed by atoms with Gasteiger partial charge in [0.1, 0.15) is 17.8 Å². The molecule has 1 aliphatic carbocycles. The number of hydrogen-bond acceptors (Lipinski definition) is 6. The van der Waals surface area contributed by atoms with E-state index in [-0.39, 0.29) is 11.3 Å². The highest BCUT2D eigenvalue weighted by Crippen LogP contribution is 2.51. The second-order valence-electron chi connectivity index (χ2n) is 8.68. The minimum atomic E-state index is -0.349. The molecule has 5 rings (SSSR count). The number of nitrogens with one attached hydrogen (secondary N) is 1. The zero-order chi connectivity index (χ0) is 22.5. The Bertz CT molecular complexity index is 1350. The fourth-order valence-corrected chi connectivity index (χ4v) is 4.82. The Morgan fingerprint density at radius 3 is 2.75 bits per heavy atom. The summed E-state index contributed by atoms with van der Waals surface area (Å²) >= 11 is 0. The summed E-state index contributed by atoms with van der Waals surface area (Å²) in [5, 5.41) is 11.4. The maximum atomic E-state index is 13.2. The van der Waals surface area contributed by atoms with Crippen LogP contribution in [0.2, 0.25) is 0 Å². The Hall–Kier alpha value is -3.88. The Morgan fingerprint density at radius 1 is 1.25 bits per heavy atom. The lowest BCUT2D eigenvalue weighted by molar-refractivity contribution is 0.102. The Balaban J connectivity index is 1.50. The predicted molar refractivity (Wildman–Crippen MR) is 118 cm³/mol. The molecule has 0 radical (unpaired) electrons. The molecule has 4 heterocycles. The van der Waals surface area contributed by atoms with Crippen molar-refractivity contribution in [2.24, 2.45) is 13.0 Å². The normalized spacial score (nSPS) is 20.2. The summed E-state index contributed by atoms with van der Waals surface area (Å²) in [4.78, 5) is 33.3. The monoisotopic (exact) mass is 429 g/mol. The van der Waals surface area contributed by atoms with Gasteiger partial charge in [0.05, 0.1) is 22.9 Å². The van der Waals surface area contributed by atoms with Gasteiger partial charge in [-0.05, 0) is 43.4 Å². The van der Waals surface area contributed by atoms with Crippen LogP contribution in [0, 0.1) is 12.8 Å². The summed E-state index contributed by atoms with van der Waals surface area (Å²) in [5.74, 6) is 1.11. The van der Waals surface area contributed by atoms with E-state index in [1.807, 2.05) is 30.8 Å². The van der Waals surface area contributed by atoms with Gasteiger partial charge in [0.15, 0.2) is 6.29 Å². The third kappa shape index (κ3) is 3.08. The molecule has 1 saturated carbocycles. The van der Waals surface area contributed by atoms with Crippen molar-refractivity contribution in [3.63, 3.8) is 0 Å². The van der Waals surface area contributed by atoms with Crippen molar-refractivity contribution in [1.82, 2.24) is 29.1 Å². The number of nitrogens with zero attached hydrogens (tertiary/aromatic N) is 6. The van der Waals surface area contributed by atoms with Gasteiger partial charge in [0.25, 0.3) is 5.91 Å². The van der Waals surface area contributed by atoms with Crippen LogP contribution in [-0.2, 0) is 12.5 Å². The van der Waals surface area contributed by atoms with E-state index in [9.17, 15) is 9.59 Å². The summed E-state index contributed by atoms with van der Waals surface area (Å²) in [6.07, 6.45) is 11.1. The van der Waals surface area contributed by atoms with Crippen molar-refractivity contribution in [1.29, 1.82) is 0 Å². The number of rotatable bonds is 5. The number of aryl methyl sites for hydroxylation is 2. The lowest BCUT2D eigenvalue weighted by Gasteiger charge is -2.45. The second kappa shape index (κ2) is 7.37. The summed E-state index contributed by atoms with van der Waals surface area (Å²) in [6, 6.07) is 3.50. The average molecular weight is 429 g/mol. The van der Waals surface area contributed by atoms with E-state index in [0.717, 1.165) is 36.2 Å². The van der Waals surface area contributed by atoms with Crippen LogP contribution in [0.3, 0.4) is 0 Å². The van der Waals surface area contributed by atoms with Gasteiger partial charge in [-0.15, -0.1) is 10.2 Å². The number of pyridine rings is 2. The van der Waals surface area contributed by atoms with Crippen LogP contribution in [0.4, 0.5) is 5.69 Å². The first kappa shape index (κ1) is 20.0. The highest BCUT2D eigenvalue weighted by atomic mass is 16.1. The van der Waals surface area contributed by atoms with Crippen LogP contribution in [0.5, 0.6) is 0 Å². The highest BCUT2D eigenvalue weighted by Gasteiger charge is 2.48. The molecule has 162 valence electrons. The predicted octanol–water partition coefficient (Wildman–Crippen LogP) is 2.95. The molecule has 0 bridgehead atoms. The van der Waals surface area contributed by atoms with Crippen molar-refractivity contribution < 1.29 is 9.59 Å². The van der Waals surface area contributed by atoms with Crippen molar-refractivity contribution in [2.75, 3.05) is 5.32 Å². The van der Waals surface area contributed by atoms with Crippen LogP contribution in [0.25, 0.3) is 5.65 Å². The molecule has 1 N–H and O–H groups in total. The number of fused-ring (bicyclic) bond motifs is 1. The van der Waals surface area contributed by atoms with Gasteiger partial charge < -0.3 is 14.3 Å². The van der Waals surface area contributed by atoms with Crippen LogP contribution >= 0.6 is 0 Å². The molecular weight excluding hydrogens is 406 g/mol. The number of amides is 1. The Morgan fingerprint density at radius 2 is 2.06 bits per heavy atom. The molecule has 0 aliphatic heterocycles. The first-order chi connectivity index (χ1) is 15.4. The van der Waals surface area contributed by atoms with Gasteiger partial charge in [0, 0.05) is 36.9 Å². The van der Waals surface area contributed by atoms with E-state index in [4.69, 9.17) is 0 Å². The van der Waals surface area contributed by atoms with Crippen molar-refractivity contribution >= 4 is 23.5 Å². The third-order valence-corrected chi connectivity index (χ3v) is 6.27. The standard InChI is InChI=1S/C23H23N7O2/c1-14-6-23(7-14,22-28-26-13-29(22)3)17-5-18(10-24-9-17)27-21(32)19-4-16(12-31)11-30-15(2)8-25-20(19)30/h4-5,8-14H,6-7H2,1-3H3,(H,27,32). The number of carbonyl (C=O) groups is 2. The van der Waals surface area contributed by atoms with Gasteiger partial charge in [-0.1, -0.05) is 6.92 Å². The first-order valence-corrected chi connectivity index (χ1v) is 10.5. The van der Waals surface area contributed by atoms with E-state index in [1.165, 1.54) is 0 Å². The van der Waals surface area contributed by atoms with Gasteiger partial charge in [-0.3, -0.25) is 14.6 Å². The molecule has 9 heteroatoms. The Labute approximate surface area is 184 Å². The van der Waals surface area contributed by atoms with Crippen LogP contribution in [0.15, 0.2) is 43.2 Å². The highest BCUT2D eigenvalue weighted by molar-refractivity contribution is 6.09. The number of aldehydes is 1. The van der Waals surface area contributed by atoms with Crippen molar-refractivity contribution in [3.8, 4) is 0 Å². The largest absolute Gasteiger partial charge is 0.320 e. The molecule has 0 saturated heterocycles. The van der Waals surface area contributed by atoms with Gasteiger partial charge in [-0.25, -0.2) is 4.98 Å². The van der Waals surface area contributed by atoms with Gasteiger partial charge >= 0.3 is 0 Å². The van der Waals surface area contributed by atoms with E-state index in [2.05, 4.69) is 32.4 Å². The average Bonchev–Trinajstić information content (AvgIpc) is 3.36. The molecule has 0 spiro atoms. The summed E-state index contributed by atoms with van der Waals surface area (Å²) in [5.41, 5.74) is 3.36. The lowest BCUT2D eigenvalue weighted by Crippen LogP contribution is -2.43. The molecule has 1 amide bonds. The quantitative estimate of drug-likeness (QED) is 0.489. The molecule has 32 heavy (non-hydrogen) atoms. The van der Waals surface area contributed by atoms with E-state index in [0.29, 0.717) is 28.4 Å². The molecule has 1 aliphatic rings. The smallest absolute Gasteiger partial charge is 0.259 e. The molecule has 0 atom stereocenters. The lowest BCUT2D eigenvalue weighted by atomic mass is 9.59. The summed E-state index contributed by atoms with van der Waals surface area (Å²) in [6.45, 7) is 4.08. The van der Waals surface area contributed by atoms with Crippen LogP contribution in [-0.4, -0.2) is 41.3 Å². The van der Waals surface area contributed by atoms with Crippen molar-refractivity contribution in [2.45, 2.75) is 32.1 Å². The zero-order valence-electron chi connectivity index (χ0n) is 18.1. The number of hydrogen-bond donors (Lipinski definition) is 1. The summed E-state index contributed by atoms with van der Waals surface area (Å²) in [7, 11) is 1.94. The molecule has 1 fully saturated rings. The Kier molecular flexibility index (Phi) is 4.61. The molecule has 0 aromatic carbocycles. The van der Waals surface area contributed by atoms with E-state index < -0.39 is 0 Å². The molecule has 9 nitrogen and oxygen atoms in total. The topological polar surface area (TPSA) is 107 Å². The fraction of sp³-hybridized carbons (Fsp3) is 0.304. The second-order valence-corrected chi connectivity index (χ2v) is 8.68. The van der Waals surface area contributed by atoms with Crippen LogP contribution in [0.1, 0.15) is 57.6 Å². The minimum Gasteiger partial charge on any atom is -0.320 e. The minimum absolute atomic E-state index is 0.275. The van der Waals surface area contributed by atoms with E-state index >= 15 is 0 Å². The van der Waals surface area contributed by atoms with E-state index in [1.54, 1.807) is 35.4 Å². The summed E-state index contributed by atoms with van der Waals surface area (Å²) < 4.78 is 3.69. The third-order valence-electron chi connectivity index (χ3n) is 6.27. The molecule has 0 unspecified atom stereocenters. The van der Waals surface area contributed by atoms with Gasteiger partial charge in [0.2, 0.25) is 0 Å². The fourth-order valence-electron chi connectivity index (χ4n) is 4.82. The van der Waals surface area contributed by atoms with Crippen molar-refractivity contribution in [3.05, 3.63) is 71.5 Å². The maximum absolute atomic E-state index is 13.2. The SMILES string of the molecule is Cc1cnc2c(C(=O)Nc3cncc(C4(c5nncn5C)CC(C)C4)c3)cc(C=O)cn12. The zero-order valence-corrected chi connectivity index (χ0v) is 18.1. The molecular formula is C23H23N7O2. The van der Waals surface area contributed by atoms with Gasteiger partial charge in [-0.2, -0.15) is 0 Å². The maximum Gasteiger partial charge on any atom is 0.259 e. The number of anilines is 1. The molecule has 4 aromatic heterocycles.